The molecule has 0 amide bonds. The summed E-state index contributed by atoms with van der Waals surface area (Å²) in [5, 5.41) is 0. The number of rotatable bonds is 11. The van der Waals surface area contributed by atoms with Crippen molar-refractivity contribution in [2.75, 3.05) is 19.8 Å². The Morgan fingerprint density at radius 1 is 0.667 bits per heavy atom. The quantitative estimate of drug-likeness (QED) is 0.422. The van der Waals surface area contributed by atoms with Gasteiger partial charge in [-0.15, -0.1) is 0 Å². The number of hydrogen-bond donors (Lipinski definition) is 0. The van der Waals surface area contributed by atoms with Crippen LogP contribution in [0.3, 0.4) is 0 Å². The zero-order valence-electron chi connectivity index (χ0n) is 17.1. The highest BCUT2D eigenvalue weighted by molar-refractivity contribution is 5.72. The maximum Gasteiger partial charge on any atom is 0.203 e. The van der Waals surface area contributed by atoms with Crippen molar-refractivity contribution in [3.05, 3.63) is 53.1 Å². The van der Waals surface area contributed by atoms with Crippen molar-refractivity contribution in [3.8, 4) is 17.2 Å². The van der Waals surface area contributed by atoms with Crippen molar-refractivity contribution in [2.45, 2.75) is 47.0 Å². The van der Waals surface area contributed by atoms with Crippen LogP contribution in [0.15, 0.2) is 36.4 Å². The van der Waals surface area contributed by atoms with Crippen LogP contribution < -0.4 is 14.2 Å². The Morgan fingerprint density at radius 2 is 1.15 bits per heavy atom. The van der Waals surface area contributed by atoms with E-state index in [-0.39, 0.29) is 0 Å². The van der Waals surface area contributed by atoms with Gasteiger partial charge in [0.25, 0.3) is 0 Å². The summed E-state index contributed by atoms with van der Waals surface area (Å²) in [5.41, 5.74) is 3.46. The molecule has 0 aliphatic carbocycles. The summed E-state index contributed by atoms with van der Waals surface area (Å²) in [5.74, 6) is 2.22. The van der Waals surface area contributed by atoms with Gasteiger partial charge in [0, 0.05) is 0 Å². The standard InChI is InChI=1S/C24H32O3/c1-5-14-25-22-17-21(13-12-20-10-8-19(4)9-11-20)18-23(26-15-6-2)24(22)27-16-7-3/h8-13,17-18H,5-7,14-16H2,1-4H3/b13-12+. The minimum Gasteiger partial charge on any atom is -0.490 e. The number of ether oxygens (including phenoxy) is 3. The molecule has 0 aliphatic heterocycles. The van der Waals surface area contributed by atoms with Crippen molar-refractivity contribution in [3.63, 3.8) is 0 Å². The fraction of sp³-hybridized carbons (Fsp3) is 0.417. The number of hydrogen-bond acceptors (Lipinski definition) is 3. The first-order chi connectivity index (χ1) is 13.2. The lowest BCUT2D eigenvalue weighted by atomic mass is 10.1. The molecule has 3 heteroatoms. The molecule has 0 fully saturated rings. The maximum absolute atomic E-state index is 5.97. The zero-order valence-corrected chi connectivity index (χ0v) is 17.1. The van der Waals surface area contributed by atoms with E-state index in [1.54, 1.807) is 0 Å². The summed E-state index contributed by atoms with van der Waals surface area (Å²) in [6.07, 6.45) is 7.03. The fourth-order valence-electron chi connectivity index (χ4n) is 2.55. The second-order valence-corrected chi connectivity index (χ2v) is 6.64. The predicted octanol–water partition coefficient (Wildman–Crippen LogP) is 6.53. The minimum absolute atomic E-state index is 0.642. The summed E-state index contributed by atoms with van der Waals surface area (Å²) in [6.45, 7) is 10.3. The highest BCUT2D eigenvalue weighted by atomic mass is 16.5. The highest BCUT2D eigenvalue weighted by Gasteiger charge is 2.15. The molecule has 2 rings (SSSR count). The third kappa shape index (κ3) is 6.67. The molecule has 27 heavy (non-hydrogen) atoms. The molecule has 0 atom stereocenters. The zero-order chi connectivity index (χ0) is 19.5. The molecule has 0 saturated carbocycles. The Morgan fingerprint density at radius 3 is 1.67 bits per heavy atom. The molecule has 0 bridgehead atoms. The van der Waals surface area contributed by atoms with Crippen molar-refractivity contribution in [1.82, 2.24) is 0 Å². The molecule has 0 heterocycles. The van der Waals surface area contributed by atoms with Gasteiger partial charge in [-0.25, -0.2) is 0 Å². The van der Waals surface area contributed by atoms with Crippen molar-refractivity contribution in [2.24, 2.45) is 0 Å². The lowest BCUT2D eigenvalue weighted by Crippen LogP contribution is -2.05. The van der Waals surface area contributed by atoms with E-state index in [0.29, 0.717) is 25.6 Å². The normalized spacial score (nSPS) is 11.0. The Kier molecular flexibility index (Phi) is 8.76. The van der Waals surface area contributed by atoms with E-state index in [4.69, 9.17) is 14.2 Å². The molecule has 3 nitrogen and oxygen atoms in total. The molecule has 0 radical (unpaired) electrons. The van der Waals surface area contributed by atoms with Gasteiger partial charge in [-0.05, 0) is 49.4 Å². The molecule has 0 unspecified atom stereocenters. The van der Waals surface area contributed by atoms with Gasteiger partial charge in [0.05, 0.1) is 19.8 Å². The van der Waals surface area contributed by atoms with Crippen LogP contribution in [0, 0.1) is 6.92 Å². The van der Waals surface area contributed by atoms with Gasteiger partial charge < -0.3 is 14.2 Å². The van der Waals surface area contributed by atoms with Crippen molar-refractivity contribution < 1.29 is 14.2 Å². The van der Waals surface area contributed by atoms with Crippen LogP contribution in [0.5, 0.6) is 17.2 Å². The molecular weight excluding hydrogens is 336 g/mol. The van der Waals surface area contributed by atoms with Gasteiger partial charge in [0.2, 0.25) is 5.75 Å². The van der Waals surface area contributed by atoms with Crippen LogP contribution in [-0.4, -0.2) is 19.8 Å². The average Bonchev–Trinajstić information content (AvgIpc) is 2.69. The summed E-state index contributed by atoms with van der Waals surface area (Å²) >= 11 is 0. The fourth-order valence-corrected chi connectivity index (χ4v) is 2.55. The van der Waals surface area contributed by atoms with Crippen LogP contribution in [0.25, 0.3) is 12.2 Å². The van der Waals surface area contributed by atoms with E-state index in [9.17, 15) is 0 Å². The average molecular weight is 369 g/mol. The van der Waals surface area contributed by atoms with Crippen LogP contribution in [0.4, 0.5) is 0 Å². The van der Waals surface area contributed by atoms with E-state index in [1.165, 1.54) is 11.1 Å². The van der Waals surface area contributed by atoms with Crippen LogP contribution in [0.1, 0.15) is 56.7 Å². The monoisotopic (exact) mass is 368 g/mol. The van der Waals surface area contributed by atoms with Gasteiger partial charge >= 0.3 is 0 Å². The van der Waals surface area contributed by atoms with Crippen molar-refractivity contribution >= 4 is 12.2 Å². The summed E-state index contributed by atoms with van der Waals surface area (Å²) in [4.78, 5) is 0. The Bertz CT molecular complexity index is 688. The molecule has 2 aromatic carbocycles. The second-order valence-electron chi connectivity index (χ2n) is 6.64. The van der Waals surface area contributed by atoms with Crippen LogP contribution in [-0.2, 0) is 0 Å². The first-order valence-corrected chi connectivity index (χ1v) is 9.99. The largest absolute Gasteiger partial charge is 0.490 e. The molecular formula is C24H32O3. The number of aryl methyl sites for hydroxylation is 1. The van der Waals surface area contributed by atoms with Gasteiger partial charge in [-0.3, -0.25) is 0 Å². The molecule has 2 aromatic rings. The molecule has 0 saturated heterocycles. The summed E-state index contributed by atoms with van der Waals surface area (Å²) in [6, 6.07) is 12.5. The topological polar surface area (TPSA) is 27.7 Å². The Labute approximate surface area is 164 Å². The van der Waals surface area contributed by atoms with E-state index >= 15 is 0 Å². The lowest BCUT2D eigenvalue weighted by Gasteiger charge is -2.17. The molecule has 0 spiro atoms. The molecule has 0 N–H and O–H groups in total. The highest BCUT2D eigenvalue weighted by Crippen LogP contribution is 2.40. The van der Waals surface area contributed by atoms with Crippen LogP contribution >= 0.6 is 0 Å². The third-order valence-corrected chi connectivity index (χ3v) is 3.96. The SMILES string of the molecule is CCCOc1cc(/C=C/c2ccc(C)cc2)cc(OCCC)c1OCCC. The lowest BCUT2D eigenvalue weighted by molar-refractivity contribution is 0.243. The van der Waals surface area contributed by atoms with Gasteiger partial charge in [-0.1, -0.05) is 62.8 Å². The van der Waals surface area contributed by atoms with E-state index in [0.717, 1.165) is 36.3 Å². The van der Waals surface area contributed by atoms with Gasteiger partial charge in [0.1, 0.15) is 0 Å². The third-order valence-electron chi connectivity index (χ3n) is 3.96. The van der Waals surface area contributed by atoms with E-state index in [2.05, 4.69) is 64.1 Å². The van der Waals surface area contributed by atoms with Gasteiger partial charge in [-0.2, -0.15) is 0 Å². The predicted molar refractivity (Wildman–Crippen MR) is 114 cm³/mol. The minimum atomic E-state index is 0.642. The van der Waals surface area contributed by atoms with Crippen LogP contribution in [0.2, 0.25) is 0 Å². The van der Waals surface area contributed by atoms with E-state index < -0.39 is 0 Å². The first-order valence-electron chi connectivity index (χ1n) is 9.99. The molecule has 146 valence electrons. The van der Waals surface area contributed by atoms with E-state index in [1.807, 2.05) is 12.1 Å². The molecule has 0 aliphatic rings. The molecule has 0 aromatic heterocycles. The van der Waals surface area contributed by atoms with Gasteiger partial charge in [0.15, 0.2) is 11.5 Å². The first kappa shape index (κ1) is 20.9. The number of benzene rings is 2. The maximum atomic E-state index is 5.97. The second kappa shape index (κ2) is 11.3. The smallest absolute Gasteiger partial charge is 0.203 e. The Balaban J connectivity index is 2.35. The Hall–Kier alpha value is -2.42. The summed E-state index contributed by atoms with van der Waals surface area (Å²) in [7, 11) is 0. The van der Waals surface area contributed by atoms with Crippen molar-refractivity contribution in [1.29, 1.82) is 0 Å². The summed E-state index contributed by atoms with van der Waals surface area (Å²) < 4.78 is 17.9.